The Morgan fingerprint density at radius 3 is 1.78 bits per heavy atom. The van der Waals surface area contributed by atoms with Gasteiger partial charge in [0.15, 0.2) is 5.78 Å². The van der Waals surface area contributed by atoms with E-state index in [9.17, 15) is 4.79 Å². The van der Waals surface area contributed by atoms with E-state index in [4.69, 9.17) is 4.74 Å². The number of hydrogen-bond donors (Lipinski definition) is 0. The average Bonchev–Trinajstić information content (AvgIpc) is 3.26. The standard InChI is InChI=1S/C34H25NO2/c1-20(36)32(21(2)37-3)26-16-12-22-14-18-28-31(19-15-23-13-17-27(26)33(22)34(23)28)35-29-10-6-4-8-24(29)25-9-5-7-11-30(25)35/h4-19H,1-3H3/b32-21+. The zero-order chi connectivity index (χ0) is 25.3. The van der Waals surface area contributed by atoms with Crippen molar-refractivity contribution in [2.24, 2.45) is 0 Å². The summed E-state index contributed by atoms with van der Waals surface area (Å²) >= 11 is 0. The number of allylic oxidation sites excluding steroid dienone is 2. The molecule has 1 heterocycles. The topological polar surface area (TPSA) is 31.2 Å². The first-order chi connectivity index (χ1) is 18.1. The van der Waals surface area contributed by atoms with Crippen LogP contribution in [0.3, 0.4) is 0 Å². The molecule has 0 saturated carbocycles. The number of Topliss-reactive ketones (excluding diaryl/α,β-unsaturated/α-hetero) is 1. The van der Waals surface area contributed by atoms with E-state index in [-0.39, 0.29) is 5.78 Å². The monoisotopic (exact) mass is 479 g/mol. The lowest BCUT2D eigenvalue weighted by Crippen LogP contribution is -2.02. The lowest BCUT2D eigenvalue weighted by molar-refractivity contribution is -0.111. The molecular formula is C34H25NO2. The summed E-state index contributed by atoms with van der Waals surface area (Å²) in [6.07, 6.45) is 0. The molecule has 0 aliphatic rings. The molecule has 0 bridgehead atoms. The minimum absolute atomic E-state index is 0.000327. The first-order valence-corrected chi connectivity index (χ1v) is 12.5. The SMILES string of the molecule is CO/C(C)=C(\C(C)=O)c1ccc2ccc3c(-n4c5ccccc5c5ccccc54)ccc4ccc1c2c43. The van der Waals surface area contributed by atoms with Gasteiger partial charge in [-0.15, -0.1) is 0 Å². The lowest BCUT2D eigenvalue weighted by atomic mass is 9.88. The summed E-state index contributed by atoms with van der Waals surface area (Å²) in [5, 5.41) is 9.50. The van der Waals surface area contributed by atoms with Crippen molar-refractivity contribution in [2.45, 2.75) is 13.8 Å². The number of nitrogens with zero attached hydrogens (tertiary/aromatic N) is 1. The van der Waals surface area contributed by atoms with E-state index >= 15 is 0 Å². The highest BCUT2D eigenvalue weighted by Gasteiger charge is 2.20. The Labute approximate surface area is 214 Å². The van der Waals surface area contributed by atoms with E-state index in [1.165, 1.54) is 43.4 Å². The van der Waals surface area contributed by atoms with E-state index < -0.39 is 0 Å². The fourth-order valence-corrected chi connectivity index (χ4v) is 6.11. The van der Waals surface area contributed by atoms with Crippen LogP contribution in [-0.2, 0) is 9.53 Å². The van der Waals surface area contributed by atoms with Crippen LogP contribution in [-0.4, -0.2) is 17.5 Å². The normalized spacial score (nSPS) is 12.7. The van der Waals surface area contributed by atoms with Gasteiger partial charge in [-0.1, -0.05) is 78.9 Å². The minimum atomic E-state index is 0.000327. The smallest absolute Gasteiger partial charge is 0.163 e. The van der Waals surface area contributed by atoms with Crippen molar-refractivity contribution in [2.75, 3.05) is 7.11 Å². The number of ketones is 1. The molecule has 37 heavy (non-hydrogen) atoms. The zero-order valence-corrected chi connectivity index (χ0v) is 21.0. The number of para-hydroxylation sites is 2. The number of hydrogen-bond acceptors (Lipinski definition) is 2. The van der Waals surface area contributed by atoms with Crippen molar-refractivity contribution in [1.82, 2.24) is 4.57 Å². The number of rotatable bonds is 4. The van der Waals surface area contributed by atoms with Crippen LogP contribution in [0.25, 0.3) is 65.4 Å². The van der Waals surface area contributed by atoms with Gasteiger partial charge < -0.3 is 9.30 Å². The van der Waals surface area contributed by atoms with Crippen LogP contribution in [0.1, 0.15) is 19.4 Å². The van der Waals surface area contributed by atoms with Crippen LogP contribution in [0, 0.1) is 0 Å². The van der Waals surface area contributed by atoms with Crippen LogP contribution in [0.15, 0.2) is 103 Å². The maximum atomic E-state index is 12.7. The van der Waals surface area contributed by atoms with Crippen LogP contribution >= 0.6 is 0 Å². The van der Waals surface area contributed by atoms with Crippen molar-refractivity contribution in [3.8, 4) is 5.69 Å². The zero-order valence-electron chi connectivity index (χ0n) is 21.0. The molecule has 7 rings (SSSR count). The fraction of sp³-hybridized carbons (Fsp3) is 0.0882. The van der Waals surface area contributed by atoms with Crippen molar-refractivity contribution in [1.29, 1.82) is 0 Å². The molecule has 0 fully saturated rings. The van der Waals surface area contributed by atoms with Gasteiger partial charge in [-0.25, -0.2) is 0 Å². The van der Waals surface area contributed by atoms with E-state index in [2.05, 4.69) is 102 Å². The number of carbonyl (C=O) groups excluding carboxylic acids is 1. The number of fused-ring (bicyclic) bond motifs is 3. The highest BCUT2D eigenvalue weighted by atomic mass is 16.5. The summed E-state index contributed by atoms with van der Waals surface area (Å²) in [6.45, 7) is 3.46. The highest BCUT2D eigenvalue weighted by Crippen LogP contribution is 2.42. The van der Waals surface area contributed by atoms with Gasteiger partial charge in [-0.3, -0.25) is 4.79 Å². The maximum Gasteiger partial charge on any atom is 0.163 e. The molecule has 0 atom stereocenters. The molecular weight excluding hydrogens is 454 g/mol. The Kier molecular flexibility index (Phi) is 4.64. The quantitative estimate of drug-likeness (QED) is 0.144. The van der Waals surface area contributed by atoms with Gasteiger partial charge in [0.2, 0.25) is 0 Å². The molecule has 0 aliphatic carbocycles. The molecule has 3 heteroatoms. The first kappa shape index (κ1) is 21.6. The summed E-state index contributed by atoms with van der Waals surface area (Å²) in [5.41, 5.74) is 5.08. The van der Waals surface area contributed by atoms with Crippen LogP contribution < -0.4 is 0 Å². The Morgan fingerprint density at radius 1 is 0.622 bits per heavy atom. The second-order valence-corrected chi connectivity index (χ2v) is 9.68. The summed E-state index contributed by atoms with van der Waals surface area (Å²) < 4.78 is 7.91. The van der Waals surface area contributed by atoms with Gasteiger partial charge in [-0.2, -0.15) is 0 Å². The number of methoxy groups -OCH3 is 1. The van der Waals surface area contributed by atoms with Crippen molar-refractivity contribution in [3.63, 3.8) is 0 Å². The first-order valence-electron chi connectivity index (χ1n) is 12.5. The molecule has 6 aromatic carbocycles. The summed E-state index contributed by atoms with van der Waals surface area (Å²) in [5.74, 6) is 0.633. The number of benzene rings is 6. The summed E-state index contributed by atoms with van der Waals surface area (Å²) in [7, 11) is 1.62. The molecule has 0 aliphatic heterocycles. The fourth-order valence-electron chi connectivity index (χ4n) is 6.11. The van der Waals surface area contributed by atoms with Gasteiger partial charge in [0.25, 0.3) is 0 Å². The average molecular weight is 480 g/mol. The highest BCUT2D eigenvalue weighted by molar-refractivity contribution is 6.30. The number of carbonyl (C=O) groups is 1. The molecule has 0 saturated heterocycles. The van der Waals surface area contributed by atoms with Gasteiger partial charge >= 0.3 is 0 Å². The van der Waals surface area contributed by atoms with Gasteiger partial charge in [0, 0.05) is 16.2 Å². The molecule has 3 nitrogen and oxygen atoms in total. The Hall–Kier alpha value is -4.63. The van der Waals surface area contributed by atoms with Crippen LogP contribution in [0.4, 0.5) is 0 Å². The third-order valence-electron chi connectivity index (χ3n) is 7.74. The van der Waals surface area contributed by atoms with Gasteiger partial charge in [0.1, 0.15) is 5.76 Å². The van der Waals surface area contributed by atoms with E-state index in [0.717, 1.165) is 22.0 Å². The molecule has 0 amide bonds. The van der Waals surface area contributed by atoms with E-state index in [1.807, 2.05) is 6.92 Å². The molecule has 1 aromatic heterocycles. The molecule has 7 aromatic rings. The summed E-state index contributed by atoms with van der Waals surface area (Å²) in [4.78, 5) is 12.7. The number of ether oxygens (including phenoxy) is 1. The Bertz CT molecular complexity index is 2000. The largest absolute Gasteiger partial charge is 0.501 e. The third-order valence-corrected chi connectivity index (χ3v) is 7.74. The van der Waals surface area contributed by atoms with Crippen molar-refractivity contribution >= 4 is 65.5 Å². The van der Waals surface area contributed by atoms with Gasteiger partial charge in [-0.05, 0) is 64.5 Å². The number of aromatic nitrogens is 1. The predicted molar refractivity (Wildman–Crippen MR) is 155 cm³/mol. The van der Waals surface area contributed by atoms with Crippen molar-refractivity contribution in [3.05, 3.63) is 108 Å². The molecule has 0 unspecified atom stereocenters. The van der Waals surface area contributed by atoms with Gasteiger partial charge in [0.05, 0.1) is 29.4 Å². The Morgan fingerprint density at radius 2 is 1.16 bits per heavy atom. The minimum Gasteiger partial charge on any atom is -0.501 e. The molecule has 0 spiro atoms. The molecule has 0 radical (unpaired) electrons. The predicted octanol–water partition coefficient (Wildman–Crippen LogP) is 8.65. The summed E-state index contributed by atoms with van der Waals surface area (Å²) in [6, 6.07) is 34.6. The molecule has 0 N–H and O–H groups in total. The van der Waals surface area contributed by atoms with Crippen LogP contribution in [0.2, 0.25) is 0 Å². The Balaban J connectivity index is 1.64. The second-order valence-electron chi connectivity index (χ2n) is 9.68. The van der Waals surface area contributed by atoms with Crippen LogP contribution in [0.5, 0.6) is 0 Å². The van der Waals surface area contributed by atoms with E-state index in [0.29, 0.717) is 11.3 Å². The lowest BCUT2D eigenvalue weighted by Gasteiger charge is -2.18. The second kappa shape index (κ2) is 7.94. The molecule has 178 valence electrons. The maximum absolute atomic E-state index is 12.7. The van der Waals surface area contributed by atoms with E-state index in [1.54, 1.807) is 14.0 Å². The third kappa shape index (κ3) is 2.98. The van der Waals surface area contributed by atoms with Crippen molar-refractivity contribution < 1.29 is 9.53 Å².